The first kappa shape index (κ1) is 6.09. The number of alkyl halides is 1. The van der Waals surface area contributed by atoms with E-state index in [1.54, 1.807) is 0 Å². The first-order chi connectivity index (χ1) is 3.30. The van der Waals surface area contributed by atoms with Gasteiger partial charge in [-0.25, -0.2) is 0 Å². The third-order valence-electron chi connectivity index (χ3n) is 1.21. The third-order valence-corrected chi connectivity index (χ3v) is 3.79. The van der Waals surface area contributed by atoms with Gasteiger partial charge in [0.15, 0.2) is 0 Å². The maximum Gasteiger partial charge on any atom is 0.0546 e. The number of hydrogen-bond acceptors (Lipinski definition) is 0. The molecule has 0 aromatic carbocycles. The van der Waals surface area contributed by atoms with E-state index in [1.807, 2.05) is 0 Å². The van der Waals surface area contributed by atoms with Crippen molar-refractivity contribution in [2.24, 2.45) is 0 Å². The molecule has 1 saturated carbocycles. The highest BCUT2D eigenvalue weighted by atomic mass is 79.9. The van der Waals surface area contributed by atoms with E-state index in [0.29, 0.717) is 4.83 Å². The zero-order valence-electron chi connectivity index (χ0n) is 3.95. The Labute approximate surface area is 60.9 Å². The lowest BCUT2D eigenvalue weighted by molar-refractivity contribution is 0.898. The van der Waals surface area contributed by atoms with Crippen LogP contribution in [0.1, 0.15) is 19.3 Å². The van der Waals surface area contributed by atoms with Crippen molar-refractivity contribution in [3.63, 3.8) is 0 Å². The van der Waals surface area contributed by atoms with Crippen molar-refractivity contribution >= 4 is 31.9 Å². The first-order valence-corrected chi connectivity index (χ1v) is 4.17. The molecule has 7 heavy (non-hydrogen) atoms. The van der Waals surface area contributed by atoms with Crippen LogP contribution in [0.4, 0.5) is 0 Å². The van der Waals surface area contributed by atoms with Gasteiger partial charge >= 0.3 is 0 Å². The molecule has 1 fully saturated rings. The lowest BCUT2D eigenvalue weighted by Gasteiger charge is -1.99. The van der Waals surface area contributed by atoms with E-state index in [2.05, 4.69) is 31.9 Å². The Bertz CT molecular complexity index is 55.1. The molecular formula is C5H7Br2. The fourth-order valence-corrected chi connectivity index (χ4v) is 1.83. The molecule has 0 N–H and O–H groups in total. The molecule has 0 aromatic rings. The van der Waals surface area contributed by atoms with Gasteiger partial charge < -0.3 is 0 Å². The SMILES string of the molecule is Br[C]1CCCC1Br. The summed E-state index contributed by atoms with van der Waals surface area (Å²) in [5.41, 5.74) is 0. The van der Waals surface area contributed by atoms with Crippen LogP contribution in [0.3, 0.4) is 0 Å². The Hall–Kier alpha value is 0.960. The van der Waals surface area contributed by atoms with Gasteiger partial charge in [0.1, 0.15) is 0 Å². The molecule has 0 aromatic heterocycles. The van der Waals surface area contributed by atoms with E-state index in [4.69, 9.17) is 0 Å². The topological polar surface area (TPSA) is 0 Å². The van der Waals surface area contributed by atoms with Gasteiger partial charge in [-0.1, -0.05) is 38.3 Å². The predicted octanol–water partition coefficient (Wildman–Crippen LogP) is 2.86. The Morgan fingerprint density at radius 2 is 2.29 bits per heavy atom. The lowest BCUT2D eigenvalue weighted by atomic mass is 10.4. The fourth-order valence-electron chi connectivity index (χ4n) is 0.763. The molecule has 0 aliphatic heterocycles. The van der Waals surface area contributed by atoms with Crippen LogP contribution >= 0.6 is 31.9 Å². The molecule has 1 aliphatic rings. The summed E-state index contributed by atoms with van der Waals surface area (Å²) in [5.74, 6) is 0. The quantitative estimate of drug-likeness (QED) is 0.558. The molecule has 0 nitrogen and oxygen atoms in total. The minimum Gasteiger partial charge on any atom is -0.0875 e. The van der Waals surface area contributed by atoms with Crippen LogP contribution in [0.2, 0.25) is 0 Å². The number of halogens is 2. The van der Waals surface area contributed by atoms with E-state index >= 15 is 0 Å². The van der Waals surface area contributed by atoms with Crippen molar-refractivity contribution in [3.8, 4) is 0 Å². The highest BCUT2D eigenvalue weighted by Crippen LogP contribution is 2.37. The van der Waals surface area contributed by atoms with Crippen LogP contribution in [0.5, 0.6) is 0 Å². The molecule has 1 unspecified atom stereocenters. The third kappa shape index (κ3) is 1.43. The maximum atomic E-state index is 3.52. The van der Waals surface area contributed by atoms with E-state index in [9.17, 15) is 0 Å². The van der Waals surface area contributed by atoms with Crippen molar-refractivity contribution in [3.05, 3.63) is 4.83 Å². The van der Waals surface area contributed by atoms with Crippen LogP contribution in [-0.4, -0.2) is 4.83 Å². The average molecular weight is 227 g/mol. The fraction of sp³-hybridized carbons (Fsp3) is 0.800. The van der Waals surface area contributed by atoms with Crippen LogP contribution in [0.25, 0.3) is 0 Å². The summed E-state index contributed by atoms with van der Waals surface area (Å²) >= 11 is 6.99. The Kier molecular flexibility index (Phi) is 2.17. The second-order valence-corrected chi connectivity index (χ2v) is 3.93. The summed E-state index contributed by atoms with van der Waals surface area (Å²) in [4.78, 5) is 2.10. The molecule has 0 saturated heterocycles. The number of hydrogen-bond donors (Lipinski definition) is 0. The summed E-state index contributed by atoms with van der Waals surface area (Å²) in [7, 11) is 0. The average Bonchev–Trinajstić information content (AvgIpc) is 1.91. The zero-order valence-corrected chi connectivity index (χ0v) is 7.13. The van der Waals surface area contributed by atoms with Crippen molar-refractivity contribution in [2.75, 3.05) is 0 Å². The summed E-state index contributed by atoms with van der Waals surface area (Å²) < 4.78 is 0. The maximum absolute atomic E-state index is 3.52. The summed E-state index contributed by atoms with van der Waals surface area (Å²) in [6.07, 6.45) is 3.91. The molecule has 0 heterocycles. The van der Waals surface area contributed by atoms with Gasteiger partial charge in [0.2, 0.25) is 0 Å². The molecule has 2 heteroatoms. The Morgan fingerprint density at radius 1 is 1.57 bits per heavy atom. The molecule has 41 valence electrons. The molecule has 0 bridgehead atoms. The highest BCUT2D eigenvalue weighted by molar-refractivity contribution is 9.13. The van der Waals surface area contributed by atoms with E-state index < -0.39 is 0 Å². The van der Waals surface area contributed by atoms with Crippen LogP contribution in [-0.2, 0) is 0 Å². The van der Waals surface area contributed by atoms with Gasteiger partial charge in [-0.2, -0.15) is 0 Å². The molecule has 0 amide bonds. The predicted molar refractivity (Wildman–Crippen MR) is 38.7 cm³/mol. The Morgan fingerprint density at radius 3 is 2.43 bits per heavy atom. The standard InChI is InChI=1S/C5H7Br2/c6-4-2-1-3-5(4)7/h4H,1-3H2. The minimum atomic E-state index is 0.660. The largest absolute Gasteiger partial charge is 0.0875 e. The first-order valence-electron chi connectivity index (χ1n) is 2.46. The summed E-state index contributed by atoms with van der Waals surface area (Å²) in [6, 6.07) is 0. The lowest BCUT2D eigenvalue weighted by Crippen LogP contribution is -1.92. The van der Waals surface area contributed by atoms with Crippen molar-refractivity contribution < 1.29 is 0 Å². The van der Waals surface area contributed by atoms with E-state index in [0.717, 1.165) is 0 Å². The summed E-state index contributed by atoms with van der Waals surface area (Å²) in [5, 5.41) is 0. The molecule has 0 spiro atoms. The molecular weight excluding hydrogens is 220 g/mol. The molecule has 1 atom stereocenters. The molecule has 1 radical (unpaired) electrons. The van der Waals surface area contributed by atoms with Crippen molar-refractivity contribution in [1.29, 1.82) is 0 Å². The normalized spacial score (nSPS) is 34.3. The van der Waals surface area contributed by atoms with Gasteiger partial charge in [-0.15, -0.1) is 0 Å². The minimum absolute atomic E-state index is 0.660. The van der Waals surface area contributed by atoms with E-state index in [1.165, 1.54) is 24.1 Å². The molecule has 1 aliphatic carbocycles. The van der Waals surface area contributed by atoms with Crippen LogP contribution in [0.15, 0.2) is 0 Å². The van der Waals surface area contributed by atoms with Crippen LogP contribution < -0.4 is 0 Å². The second-order valence-electron chi connectivity index (χ2n) is 1.81. The highest BCUT2D eigenvalue weighted by Gasteiger charge is 2.21. The number of rotatable bonds is 0. The van der Waals surface area contributed by atoms with Crippen LogP contribution in [0, 0.1) is 4.83 Å². The zero-order chi connectivity index (χ0) is 5.28. The smallest absolute Gasteiger partial charge is 0.0546 e. The van der Waals surface area contributed by atoms with Gasteiger partial charge in [0, 0.05) is 4.83 Å². The van der Waals surface area contributed by atoms with Crippen molar-refractivity contribution in [1.82, 2.24) is 0 Å². The molecule has 1 rings (SSSR count). The van der Waals surface area contributed by atoms with E-state index in [-0.39, 0.29) is 0 Å². The van der Waals surface area contributed by atoms with Gasteiger partial charge in [-0.05, 0) is 12.8 Å². The Balaban J connectivity index is 2.33. The van der Waals surface area contributed by atoms with Gasteiger partial charge in [0.05, 0.1) is 4.83 Å². The summed E-state index contributed by atoms with van der Waals surface area (Å²) in [6.45, 7) is 0. The van der Waals surface area contributed by atoms with Gasteiger partial charge in [0.25, 0.3) is 0 Å². The van der Waals surface area contributed by atoms with Gasteiger partial charge in [-0.3, -0.25) is 0 Å². The second kappa shape index (κ2) is 2.49. The van der Waals surface area contributed by atoms with Crippen molar-refractivity contribution in [2.45, 2.75) is 24.1 Å². The monoisotopic (exact) mass is 225 g/mol.